The SMILES string of the molecule is CCc1ccsc1CNC(=O)c1ccccc1CCNC. The fraction of sp³-hybridized carbons (Fsp3) is 0.353. The number of nitrogens with one attached hydrogen (secondary N) is 2. The quantitative estimate of drug-likeness (QED) is 0.825. The van der Waals surface area contributed by atoms with Gasteiger partial charge in [0.15, 0.2) is 0 Å². The van der Waals surface area contributed by atoms with Crippen LogP contribution in [0.5, 0.6) is 0 Å². The maximum atomic E-state index is 12.4. The Bertz CT molecular complexity index is 592. The number of benzene rings is 1. The molecule has 0 aliphatic rings. The Morgan fingerprint density at radius 3 is 2.76 bits per heavy atom. The first-order valence-corrected chi connectivity index (χ1v) is 8.20. The highest BCUT2D eigenvalue weighted by atomic mass is 32.1. The predicted molar refractivity (Wildman–Crippen MR) is 88.9 cm³/mol. The summed E-state index contributed by atoms with van der Waals surface area (Å²) >= 11 is 1.70. The standard InChI is InChI=1S/C17H22N2OS/c1-3-13-9-11-21-16(13)12-19-17(20)15-7-5-4-6-14(15)8-10-18-2/h4-7,9,11,18H,3,8,10,12H2,1-2H3,(H,19,20). The zero-order chi connectivity index (χ0) is 15.1. The fourth-order valence-electron chi connectivity index (χ4n) is 2.31. The average molecular weight is 302 g/mol. The molecule has 4 heteroatoms. The average Bonchev–Trinajstić information content (AvgIpc) is 2.98. The van der Waals surface area contributed by atoms with E-state index in [2.05, 4.69) is 29.0 Å². The molecule has 0 aliphatic carbocycles. The fourth-order valence-corrected chi connectivity index (χ4v) is 3.23. The van der Waals surface area contributed by atoms with Crippen LogP contribution < -0.4 is 10.6 Å². The first kappa shape index (κ1) is 15.7. The van der Waals surface area contributed by atoms with Crippen molar-refractivity contribution in [2.24, 2.45) is 0 Å². The van der Waals surface area contributed by atoms with E-state index >= 15 is 0 Å². The number of amides is 1. The second kappa shape index (κ2) is 7.96. The van der Waals surface area contributed by atoms with Crippen LogP contribution in [-0.4, -0.2) is 19.5 Å². The number of aryl methyl sites for hydroxylation is 1. The van der Waals surface area contributed by atoms with E-state index in [9.17, 15) is 4.79 Å². The second-order valence-electron chi connectivity index (χ2n) is 4.92. The molecule has 0 bridgehead atoms. The normalized spacial score (nSPS) is 10.6. The molecule has 2 N–H and O–H groups in total. The van der Waals surface area contributed by atoms with Crippen molar-refractivity contribution in [2.45, 2.75) is 26.3 Å². The van der Waals surface area contributed by atoms with Crippen LogP contribution in [0.2, 0.25) is 0 Å². The smallest absolute Gasteiger partial charge is 0.251 e. The topological polar surface area (TPSA) is 41.1 Å². The van der Waals surface area contributed by atoms with Crippen LogP contribution in [0.4, 0.5) is 0 Å². The lowest BCUT2D eigenvalue weighted by Crippen LogP contribution is -2.24. The van der Waals surface area contributed by atoms with Crippen LogP contribution in [0.3, 0.4) is 0 Å². The minimum absolute atomic E-state index is 0.0113. The molecule has 0 saturated carbocycles. The second-order valence-corrected chi connectivity index (χ2v) is 5.92. The van der Waals surface area contributed by atoms with E-state index < -0.39 is 0 Å². The van der Waals surface area contributed by atoms with Crippen LogP contribution in [0.15, 0.2) is 35.7 Å². The molecule has 2 aromatic rings. The number of rotatable bonds is 7. The highest BCUT2D eigenvalue weighted by molar-refractivity contribution is 7.10. The van der Waals surface area contributed by atoms with Gasteiger partial charge in [0.05, 0.1) is 6.54 Å². The Kier molecular flexibility index (Phi) is 5.96. The third kappa shape index (κ3) is 4.16. The summed E-state index contributed by atoms with van der Waals surface area (Å²) in [5.74, 6) is 0.0113. The van der Waals surface area contributed by atoms with Crippen molar-refractivity contribution in [3.8, 4) is 0 Å². The van der Waals surface area contributed by atoms with Gasteiger partial charge in [-0.1, -0.05) is 25.1 Å². The van der Waals surface area contributed by atoms with Crippen molar-refractivity contribution in [3.05, 3.63) is 57.3 Å². The van der Waals surface area contributed by atoms with Gasteiger partial charge in [0.2, 0.25) is 0 Å². The van der Waals surface area contributed by atoms with Gasteiger partial charge >= 0.3 is 0 Å². The molecule has 0 unspecified atom stereocenters. The van der Waals surface area contributed by atoms with Crippen molar-refractivity contribution in [1.82, 2.24) is 10.6 Å². The summed E-state index contributed by atoms with van der Waals surface area (Å²) < 4.78 is 0. The van der Waals surface area contributed by atoms with Gasteiger partial charge < -0.3 is 10.6 Å². The van der Waals surface area contributed by atoms with Crippen LogP contribution in [0.25, 0.3) is 0 Å². The first-order chi connectivity index (χ1) is 10.3. The maximum absolute atomic E-state index is 12.4. The highest BCUT2D eigenvalue weighted by Crippen LogP contribution is 2.17. The van der Waals surface area contributed by atoms with Crippen LogP contribution in [0, 0.1) is 0 Å². The van der Waals surface area contributed by atoms with E-state index in [1.165, 1.54) is 10.4 Å². The van der Waals surface area contributed by atoms with Gasteiger partial charge in [0.1, 0.15) is 0 Å². The zero-order valence-corrected chi connectivity index (χ0v) is 13.4. The Balaban J connectivity index is 2.03. The zero-order valence-electron chi connectivity index (χ0n) is 12.6. The van der Waals surface area contributed by atoms with Crippen molar-refractivity contribution in [1.29, 1.82) is 0 Å². The molecule has 0 fully saturated rings. The van der Waals surface area contributed by atoms with Gasteiger partial charge in [0.25, 0.3) is 5.91 Å². The predicted octanol–water partition coefficient (Wildman–Crippen LogP) is 3.00. The summed E-state index contributed by atoms with van der Waals surface area (Å²) in [4.78, 5) is 13.6. The molecule has 2 rings (SSSR count). The summed E-state index contributed by atoms with van der Waals surface area (Å²) in [5.41, 5.74) is 3.19. The molecule has 0 spiro atoms. The monoisotopic (exact) mass is 302 g/mol. The summed E-state index contributed by atoms with van der Waals surface area (Å²) in [6.45, 7) is 3.62. The Morgan fingerprint density at radius 2 is 2.00 bits per heavy atom. The van der Waals surface area contributed by atoms with Crippen molar-refractivity contribution in [3.63, 3.8) is 0 Å². The molecule has 0 aliphatic heterocycles. The van der Waals surface area contributed by atoms with Gasteiger partial charge in [-0.15, -0.1) is 11.3 Å². The number of carbonyl (C=O) groups is 1. The molecule has 3 nitrogen and oxygen atoms in total. The lowest BCUT2D eigenvalue weighted by molar-refractivity contribution is 0.0950. The summed E-state index contributed by atoms with van der Waals surface area (Å²) in [6, 6.07) is 9.95. The van der Waals surface area contributed by atoms with Gasteiger partial charge in [-0.3, -0.25) is 4.79 Å². The Morgan fingerprint density at radius 1 is 1.19 bits per heavy atom. The first-order valence-electron chi connectivity index (χ1n) is 7.32. The van der Waals surface area contributed by atoms with E-state index in [1.807, 2.05) is 31.3 Å². The summed E-state index contributed by atoms with van der Waals surface area (Å²) in [7, 11) is 1.92. The highest BCUT2D eigenvalue weighted by Gasteiger charge is 2.11. The lowest BCUT2D eigenvalue weighted by atomic mass is 10.0. The van der Waals surface area contributed by atoms with Gasteiger partial charge in [-0.05, 0) is 55.1 Å². The number of likely N-dealkylation sites (N-methyl/N-ethyl adjacent to an activating group) is 1. The third-order valence-corrected chi connectivity index (χ3v) is 4.50. The number of hydrogen-bond donors (Lipinski definition) is 2. The number of carbonyl (C=O) groups excluding carboxylic acids is 1. The molecule has 0 atom stereocenters. The minimum atomic E-state index is 0.0113. The number of thiophene rings is 1. The number of hydrogen-bond acceptors (Lipinski definition) is 3. The van der Waals surface area contributed by atoms with Gasteiger partial charge in [0, 0.05) is 10.4 Å². The van der Waals surface area contributed by atoms with E-state index in [0.717, 1.165) is 30.5 Å². The van der Waals surface area contributed by atoms with E-state index in [4.69, 9.17) is 0 Å². The van der Waals surface area contributed by atoms with E-state index in [1.54, 1.807) is 11.3 Å². The molecule has 1 heterocycles. The molecular formula is C17H22N2OS. The van der Waals surface area contributed by atoms with Crippen molar-refractivity contribution < 1.29 is 4.79 Å². The molecule has 0 radical (unpaired) electrons. The molecule has 1 aromatic heterocycles. The molecule has 21 heavy (non-hydrogen) atoms. The van der Waals surface area contributed by atoms with E-state index in [-0.39, 0.29) is 5.91 Å². The Labute approximate surface area is 130 Å². The summed E-state index contributed by atoms with van der Waals surface area (Å²) in [6.07, 6.45) is 1.87. The van der Waals surface area contributed by atoms with Crippen molar-refractivity contribution >= 4 is 17.2 Å². The van der Waals surface area contributed by atoms with E-state index in [0.29, 0.717) is 6.54 Å². The van der Waals surface area contributed by atoms with Gasteiger partial charge in [-0.25, -0.2) is 0 Å². The van der Waals surface area contributed by atoms with Crippen LogP contribution >= 0.6 is 11.3 Å². The van der Waals surface area contributed by atoms with Gasteiger partial charge in [-0.2, -0.15) is 0 Å². The van der Waals surface area contributed by atoms with Crippen molar-refractivity contribution in [2.75, 3.05) is 13.6 Å². The largest absolute Gasteiger partial charge is 0.347 e. The third-order valence-electron chi connectivity index (χ3n) is 3.53. The van der Waals surface area contributed by atoms with Crippen LogP contribution in [0.1, 0.15) is 33.3 Å². The maximum Gasteiger partial charge on any atom is 0.251 e. The molecule has 112 valence electrons. The lowest BCUT2D eigenvalue weighted by Gasteiger charge is -2.10. The molecule has 1 amide bonds. The minimum Gasteiger partial charge on any atom is -0.347 e. The Hall–Kier alpha value is -1.65. The van der Waals surface area contributed by atoms with Crippen LogP contribution in [-0.2, 0) is 19.4 Å². The molecule has 1 aromatic carbocycles. The summed E-state index contributed by atoms with van der Waals surface area (Å²) in [5, 5.41) is 8.25. The molecular weight excluding hydrogens is 280 g/mol. The molecule has 0 saturated heterocycles.